The van der Waals surface area contributed by atoms with E-state index in [1.165, 1.54) is 12.1 Å². The number of alkyl halides is 2. The fourth-order valence-corrected chi connectivity index (χ4v) is 3.47. The van der Waals surface area contributed by atoms with Crippen molar-refractivity contribution in [1.29, 1.82) is 0 Å². The number of hydrogen-bond donors (Lipinski definition) is 1. The Morgan fingerprint density at radius 3 is 2.70 bits per heavy atom. The van der Waals surface area contributed by atoms with Gasteiger partial charge >= 0.3 is 5.76 Å². The van der Waals surface area contributed by atoms with Crippen molar-refractivity contribution >= 4 is 15.5 Å². The van der Waals surface area contributed by atoms with Gasteiger partial charge in [-0.15, -0.1) is 0 Å². The molecule has 0 radical (unpaired) electrons. The number of aliphatic hydroxyl groups is 1. The van der Waals surface area contributed by atoms with Crippen molar-refractivity contribution in [2.75, 3.05) is 24.6 Å². The van der Waals surface area contributed by atoms with Crippen LogP contribution in [0.15, 0.2) is 29.2 Å². The van der Waals surface area contributed by atoms with Crippen molar-refractivity contribution in [2.45, 2.75) is 23.5 Å². The molecule has 0 amide bonds. The lowest BCUT2D eigenvalue weighted by molar-refractivity contribution is 0.235. The van der Waals surface area contributed by atoms with Gasteiger partial charge in [0.25, 0.3) is 0 Å². The number of benzene rings is 1. The van der Waals surface area contributed by atoms with Gasteiger partial charge in [0, 0.05) is 19.7 Å². The van der Waals surface area contributed by atoms with Crippen molar-refractivity contribution in [3.8, 4) is 0 Å². The zero-order chi connectivity index (χ0) is 14.8. The maximum Gasteiger partial charge on any atom is 0.341 e. The molecule has 0 aliphatic carbocycles. The first-order chi connectivity index (χ1) is 9.46. The van der Waals surface area contributed by atoms with Crippen LogP contribution < -0.4 is 4.90 Å². The van der Waals surface area contributed by atoms with Crippen molar-refractivity contribution in [2.24, 2.45) is 5.92 Å². The molecule has 1 fully saturated rings. The molecule has 0 aromatic heterocycles. The summed E-state index contributed by atoms with van der Waals surface area (Å²) in [6.45, 7) is 1.27. The molecule has 7 heteroatoms. The third kappa shape index (κ3) is 2.93. The number of rotatable bonds is 5. The molecule has 2 rings (SSSR count). The first kappa shape index (κ1) is 15.2. The molecular weight excluding hydrogens is 288 g/mol. The molecule has 1 N–H and O–H groups in total. The Balaban J connectivity index is 2.30. The lowest BCUT2D eigenvalue weighted by atomic mass is 10.1. The molecule has 112 valence electrons. The van der Waals surface area contributed by atoms with E-state index < -0.39 is 15.6 Å². The first-order valence-electron chi connectivity index (χ1n) is 6.43. The van der Waals surface area contributed by atoms with Crippen LogP contribution in [-0.2, 0) is 9.84 Å². The SMILES string of the molecule is O=S(=O)(c1ccccc1N1CCC(CCO)C1)C(F)F. The molecule has 0 spiro atoms. The maximum absolute atomic E-state index is 12.7. The molecule has 1 heterocycles. The number of nitrogens with zero attached hydrogens (tertiary/aromatic N) is 1. The van der Waals surface area contributed by atoms with Crippen LogP contribution in [0.5, 0.6) is 0 Å². The second-order valence-corrected chi connectivity index (χ2v) is 6.77. The molecule has 20 heavy (non-hydrogen) atoms. The van der Waals surface area contributed by atoms with Crippen molar-refractivity contribution in [3.63, 3.8) is 0 Å². The highest BCUT2D eigenvalue weighted by Gasteiger charge is 2.32. The van der Waals surface area contributed by atoms with Gasteiger partial charge in [0.05, 0.1) is 10.6 Å². The van der Waals surface area contributed by atoms with Gasteiger partial charge in [-0.25, -0.2) is 8.42 Å². The molecule has 1 unspecified atom stereocenters. The molecule has 1 aromatic carbocycles. The van der Waals surface area contributed by atoms with E-state index in [1.54, 1.807) is 17.0 Å². The van der Waals surface area contributed by atoms with Gasteiger partial charge in [-0.05, 0) is 30.9 Å². The van der Waals surface area contributed by atoms with E-state index in [9.17, 15) is 17.2 Å². The molecule has 4 nitrogen and oxygen atoms in total. The summed E-state index contributed by atoms with van der Waals surface area (Å²) in [5, 5.41) is 8.93. The topological polar surface area (TPSA) is 57.6 Å². The average molecular weight is 305 g/mol. The van der Waals surface area contributed by atoms with E-state index in [-0.39, 0.29) is 17.4 Å². The van der Waals surface area contributed by atoms with Crippen LogP contribution in [0.1, 0.15) is 12.8 Å². The van der Waals surface area contributed by atoms with Gasteiger partial charge in [-0.3, -0.25) is 0 Å². The summed E-state index contributed by atoms with van der Waals surface area (Å²) in [5.74, 6) is -3.15. The number of hydrogen-bond acceptors (Lipinski definition) is 4. The smallest absolute Gasteiger partial charge is 0.341 e. The third-order valence-corrected chi connectivity index (χ3v) is 5.00. The van der Waals surface area contributed by atoms with Gasteiger partial charge in [0.1, 0.15) is 0 Å². The zero-order valence-corrected chi connectivity index (χ0v) is 11.7. The summed E-state index contributed by atoms with van der Waals surface area (Å²) in [6, 6.07) is 5.85. The normalized spacial score (nSPS) is 19.8. The number of anilines is 1. The summed E-state index contributed by atoms with van der Waals surface area (Å²) in [4.78, 5) is 1.48. The van der Waals surface area contributed by atoms with Gasteiger partial charge in [-0.2, -0.15) is 8.78 Å². The van der Waals surface area contributed by atoms with Gasteiger partial charge in [0.15, 0.2) is 0 Å². The van der Waals surface area contributed by atoms with Crippen molar-refractivity contribution in [3.05, 3.63) is 24.3 Å². The summed E-state index contributed by atoms with van der Waals surface area (Å²) < 4.78 is 48.8. The van der Waals surface area contributed by atoms with Gasteiger partial charge < -0.3 is 10.0 Å². The van der Waals surface area contributed by atoms with Crippen molar-refractivity contribution in [1.82, 2.24) is 0 Å². The Hall–Kier alpha value is -1.21. The maximum atomic E-state index is 12.7. The molecule has 1 aliphatic rings. The van der Waals surface area contributed by atoms with Crippen LogP contribution in [0.2, 0.25) is 0 Å². The Morgan fingerprint density at radius 1 is 1.35 bits per heavy atom. The number of halogens is 2. The van der Waals surface area contributed by atoms with E-state index in [1.807, 2.05) is 0 Å². The molecule has 0 saturated carbocycles. The fraction of sp³-hybridized carbons (Fsp3) is 0.538. The van der Waals surface area contributed by atoms with Crippen LogP contribution in [0.4, 0.5) is 14.5 Å². The number of sulfone groups is 1. The minimum Gasteiger partial charge on any atom is -0.396 e. The number of aliphatic hydroxyl groups excluding tert-OH is 1. The minimum absolute atomic E-state index is 0.0789. The Kier molecular flexibility index (Phi) is 4.59. The predicted octanol–water partition coefficient (Wildman–Crippen LogP) is 1.89. The number of para-hydroxylation sites is 1. The van der Waals surface area contributed by atoms with Crippen LogP contribution in [0.3, 0.4) is 0 Å². The second kappa shape index (κ2) is 6.05. The van der Waals surface area contributed by atoms with E-state index in [4.69, 9.17) is 5.11 Å². The zero-order valence-electron chi connectivity index (χ0n) is 10.9. The van der Waals surface area contributed by atoms with Crippen LogP contribution in [0.25, 0.3) is 0 Å². The predicted molar refractivity (Wildman–Crippen MR) is 71.7 cm³/mol. The van der Waals surface area contributed by atoms with E-state index in [0.29, 0.717) is 25.2 Å². The van der Waals surface area contributed by atoms with Crippen molar-refractivity contribution < 1.29 is 22.3 Å². The second-order valence-electron chi connectivity index (χ2n) is 4.89. The summed E-state index contributed by atoms with van der Waals surface area (Å²) in [5.41, 5.74) is 0.327. The Morgan fingerprint density at radius 2 is 2.05 bits per heavy atom. The minimum atomic E-state index is -4.60. The average Bonchev–Trinajstić information content (AvgIpc) is 2.87. The first-order valence-corrected chi connectivity index (χ1v) is 7.98. The summed E-state index contributed by atoms with van der Waals surface area (Å²) >= 11 is 0. The highest BCUT2D eigenvalue weighted by molar-refractivity contribution is 7.91. The molecule has 1 aromatic rings. The Bertz CT molecular complexity index is 562. The standard InChI is InChI=1S/C13H17F2NO3S/c14-13(15)20(18,19)12-4-2-1-3-11(12)16-7-5-10(9-16)6-8-17/h1-4,10,13,17H,5-9H2. The quantitative estimate of drug-likeness (QED) is 0.902. The van der Waals surface area contributed by atoms with E-state index in [0.717, 1.165) is 6.42 Å². The van der Waals surface area contributed by atoms with E-state index >= 15 is 0 Å². The Labute approximate surface area is 116 Å². The molecule has 1 saturated heterocycles. The largest absolute Gasteiger partial charge is 0.396 e. The van der Waals surface area contributed by atoms with Crippen LogP contribution in [-0.4, -0.2) is 39.0 Å². The lowest BCUT2D eigenvalue weighted by Gasteiger charge is -2.21. The van der Waals surface area contributed by atoms with E-state index in [2.05, 4.69) is 0 Å². The lowest BCUT2D eigenvalue weighted by Crippen LogP contribution is -2.23. The van der Waals surface area contributed by atoms with Gasteiger partial charge in [0.2, 0.25) is 9.84 Å². The monoisotopic (exact) mass is 305 g/mol. The van der Waals surface area contributed by atoms with Crippen LogP contribution in [0, 0.1) is 5.92 Å². The molecule has 1 atom stereocenters. The molecule has 0 bridgehead atoms. The molecule has 1 aliphatic heterocycles. The van der Waals surface area contributed by atoms with Crippen LogP contribution >= 0.6 is 0 Å². The molecular formula is C13H17F2NO3S. The summed E-state index contributed by atoms with van der Waals surface area (Å²) in [6.07, 6.45) is 1.46. The van der Waals surface area contributed by atoms with Gasteiger partial charge in [-0.1, -0.05) is 12.1 Å². The fourth-order valence-electron chi connectivity index (χ4n) is 2.52. The highest BCUT2D eigenvalue weighted by atomic mass is 32.2. The third-order valence-electron chi connectivity index (χ3n) is 3.57. The summed E-state index contributed by atoms with van der Waals surface area (Å²) in [7, 11) is -4.60. The highest BCUT2D eigenvalue weighted by Crippen LogP contribution is 2.33.